The van der Waals surface area contributed by atoms with Crippen LogP contribution in [0.25, 0.3) is 0 Å². The number of allylic oxidation sites excluding steroid dienone is 18. The highest BCUT2D eigenvalue weighted by Gasteiger charge is 2.30. The fraction of sp³-hybridized carbons (Fsp3) is 0.741. The van der Waals surface area contributed by atoms with Gasteiger partial charge in [-0.2, -0.15) is 0 Å². The zero-order valence-corrected chi connectivity index (χ0v) is 67.5. The number of carbonyl (C=O) groups is 4. The van der Waals surface area contributed by atoms with E-state index < -0.39 is 97.5 Å². The summed E-state index contributed by atoms with van der Waals surface area (Å²) in [6.07, 6.45) is 83.5. The summed E-state index contributed by atoms with van der Waals surface area (Å²) >= 11 is 0. The second kappa shape index (κ2) is 76.9. The second-order valence-corrected chi connectivity index (χ2v) is 30.3. The highest BCUT2D eigenvalue weighted by molar-refractivity contribution is 7.47. The first kappa shape index (κ1) is 99.7. The first-order valence-corrected chi connectivity index (χ1v) is 44.1. The molecule has 0 aromatic rings. The average Bonchev–Trinajstić information content (AvgIpc) is 0.926. The molecule has 0 aliphatic rings. The van der Waals surface area contributed by atoms with Gasteiger partial charge in [0.15, 0.2) is 12.2 Å². The van der Waals surface area contributed by atoms with Gasteiger partial charge in [0.25, 0.3) is 0 Å². The van der Waals surface area contributed by atoms with E-state index in [9.17, 15) is 43.2 Å². The molecule has 17 nitrogen and oxygen atoms in total. The van der Waals surface area contributed by atoms with Crippen LogP contribution in [-0.2, 0) is 65.4 Å². The smallest absolute Gasteiger partial charge is 0.462 e. The van der Waals surface area contributed by atoms with Crippen molar-refractivity contribution in [3.05, 3.63) is 109 Å². The van der Waals surface area contributed by atoms with Gasteiger partial charge in [0.05, 0.1) is 26.4 Å². The minimum Gasteiger partial charge on any atom is -0.462 e. The minimum absolute atomic E-state index is 0.0741. The van der Waals surface area contributed by atoms with E-state index in [1.54, 1.807) is 0 Å². The fourth-order valence-corrected chi connectivity index (χ4v) is 12.4. The van der Waals surface area contributed by atoms with Crippen LogP contribution in [0.15, 0.2) is 109 Å². The third-order valence-corrected chi connectivity index (χ3v) is 19.1. The summed E-state index contributed by atoms with van der Waals surface area (Å²) < 4.78 is 68.6. The first-order chi connectivity index (χ1) is 50.7. The number of carbonyl (C=O) groups excluding carboxylic acids is 4. The van der Waals surface area contributed by atoms with Gasteiger partial charge in [0, 0.05) is 25.7 Å². The van der Waals surface area contributed by atoms with E-state index in [0.717, 1.165) is 167 Å². The van der Waals surface area contributed by atoms with Gasteiger partial charge in [-0.1, -0.05) is 278 Å². The van der Waals surface area contributed by atoms with Gasteiger partial charge >= 0.3 is 39.5 Å². The summed E-state index contributed by atoms with van der Waals surface area (Å²) in [7, 11) is -9.98. The molecule has 0 aromatic carbocycles. The lowest BCUT2D eigenvalue weighted by atomic mass is 10.1. The Hall–Kier alpha value is -4.28. The molecule has 0 aliphatic heterocycles. The summed E-state index contributed by atoms with van der Waals surface area (Å²) in [5.41, 5.74) is 0. The molecular weight excluding hydrogens is 1350 g/mol. The molecule has 0 radical (unpaired) electrons. The number of hydrogen-bond acceptors (Lipinski definition) is 15. The largest absolute Gasteiger partial charge is 0.472 e. The first-order valence-electron chi connectivity index (χ1n) is 41.1. The number of phosphoric acid groups is 2. The molecule has 0 amide bonds. The Bertz CT molecular complexity index is 2390. The van der Waals surface area contributed by atoms with Crippen molar-refractivity contribution in [2.45, 2.75) is 367 Å². The van der Waals surface area contributed by atoms with Crippen LogP contribution in [0.1, 0.15) is 349 Å². The highest BCUT2D eigenvalue weighted by atomic mass is 31.2. The molecular formula is C85H148O17P2. The van der Waals surface area contributed by atoms with Crippen LogP contribution in [0.2, 0.25) is 0 Å². The Morgan fingerprint density at radius 1 is 0.269 bits per heavy atom. The van der Waals surface area contributed by atoms with E-state index in [1.165, 1.54) is 96.3 Å². The zero-order valence-electron chi connectivity index (χ0n) is 65.7. The van der Waals surface area contributed by atoms with E-state index in [-0.39, 0.29) is 25.7 Å². The number of hydrogen-bond donors (Lipinski definition) is 3. The standard InChI is InChI=1S/C85H148O17P2/c1-5-9-13-17-21-25-29-33-37-39-43-46-50-54-58-62-66-70-83(88)96-76-81(102-85(90)72-68-64-60-56-52-48-44-40-38-34-30-26-22-18-14-10-6-2)78-100-104(93,94)98-74-79(86)73-97-103(91,92)99-77-80(101-84(89)71-67-63-59-55-51-47-42-36-32-28-24-20-16-12-8-4)75-95-82(87)69-65-61-57-53-49-45-41-35-31-27-23-19-15-11-7-3/h21,23-25,27-28,33-38,41-43,46,54,58,79-81,86H,5-20,22,26,29-32,39-40,44-45,47-53,55-57,59-78H2,1-4H3,(H,91,92)(H,93,94)/b25-21-,27-23-,28-24-,37-33-,38-34-,41-35-,42-36-,46-43-,58-54-/t79?,80-,81-/m1/s1. The summed E-state index contributed by atoms with van der Waals surface area (Å²) in [5, 5.41) is 10.6. The zero-order chi connectivity index (χ0) is 76.0. The molecule has 0 saturated carbocycles. The third kappa shape index (κ3) is 75.9. The monoisotopic (exact) mass is 1500 g/mol. The van der Waals surface area contributed by atoms with Gasteiger partial charge in [0.2, 0.25) is 0 Å². The normalized spacial score (nSPS) is 14.4. The molecule has 0 aliphatic carbocycles. The number of aliphatic hydroxyl groups is 1. The molecule has 600 valence electrons. The average molecular weight is 1500 g/mol. The van der Waals surface area contributed by atoms with Crippen molar-refractivity contribution in [1.29, 1.82) is 0 Å². The predicted molar refractivity (Wildman–Crippen MR) is 427 cm³/mol. The van der Waals surface area contributed by atoms with Crippen LogP contribution in [-0.4, -0.2) is 96.7 Å². The quantitative estimate of drug-likeness (QED) is 0.0169. The van der Waals surface area contributed by atoms with E-state index >= 15 is 0 Å². The molecule has 0 saturated heterocycles. The number of esters is 4. The number of unbranched alkanes of at least 4 members (excludes halogenated alkanes) is 33. The number of phosphoric ester groups is 2. The summed E-state index contributed by atoms with van der Waals surface area (Å²) in [6.45, 7) is 4.73. The summed E-state index contributed by atoms with van der Waals surface area (Å²) in [5.74, 6) is -2.26. The van der Waals surface area contributed by atoms with Crippen molar-refractivity contribution < 1.29 is 80.2 Å². The van der Waals surface area contributed by atoms with Gasteiger partial charge in [-0.3, -0.25) is 37.3 Å². The fourth-order valence-electron chi connectivity index (χ4n) is 10.9. The number of ether oxygens (including phenoxy) is 4. The van der Waals surface area contributed by atoms with E-state index in [2.05, 4.69) is 125 Å². The molecule has 0 bridgehead atoms. The summed E-state index contributed by atoms with van der Waals surface area (Å²) in [6, 6.07) is 0. The van der Waals surface area contributed by atoms with Crippen molar-refractivity contribution in [2.75, 3.05) is 39.6 Å². The van der Waals surface area contributed by atoms with Crippen molar-refractivity contribution in [2.24, 2.45) is 0 Å². The van der Waals surface area contributed by atoms with Crippen molar-refractivity contribution in [3.63, 3.8) is 0 Å². The SMILES string of the molecule is CCCCC/C=C\C/C=C\C/C=C\C/C=C\CCCC(=O)OC[C@H](COP(=O)(O)OCC(O)COP(=O)(O)OC[C@@H](COC(=O)CCCCCCC/C=C\C/C=C\CCCCC)OC(=O)CCCCCCC/C=C\C/C=C\CCCCC)OC(=O)CCCCCCCCC/C=C\CCCCCCCC. The maximum absolute atomic E-state index is 13.1. The molecule has 19 heteroatoms. The predicted octanol–water partition coefficient (Wildman–Crippen LogP) is 24.1. The van der Waals surface area contributed by atoms with Crippen molar-refractivity contribution >= 4 is 39.5 Å². The molecule has 104 heavy (non-hydrogen) atoms. The van der Waals surface area contributed by atoms with Gasteiger partial charge in [-0.05, 0) is 154 Å². The van der Waals surface area contributed by atoms with Crippen LogP contribution >= 0.6 is 15.6 Å². The molecule has 0 heterocycles. The van der Waals surface area contributed by atoms with Gasteiger partial charge in [0.1, 0.15) is 19.3 Å². The number of aliphatic hydroxyl groups excluding tert-OH is 1. The lowest BCUT2D eigenvalue weighted by Crippen LogP contribution is -2.30. The Labute approximate surface area is 632 Å². The summed E-state index contributed by atoms with van der Waals surface area (Å²) in [4.78, 5) is 73.1. The molecule has 0 rings (SSSR count). The molecule has 0 spiro atoms. The Morgan fingerprint density at radius 2 is 0.481 bits per heavy atom. The lowest BCUT2D eigenvalue weighted by molar-refractivity contribution is -0.161. The molecule has 0 fully saturated rings. The molecule has 0 aromatic heterocycles. The Kier molecular flexibility index (Phi) is 73.7. The third-order valence-electron chi connectivity index (χ3n) is 17.2. The van der Waals surface area contributed by atoms with Crippen LogP contribution in [0.4, 0.5) is 0 Å². The van der Waals surface area contributed by atoms with Crippen molar-refractivity contribution in [3.8, 4) is 0 Å². The lowest BCUT2D eigenvalue weighted by Gasteiger charge is -2.21. The van der Waals surface area contributed by atoms with E-state index in [4.69, 9.17) is 37.0 Å². The number of rotatable bonds is 77. The Balaban J connectivity index is 5.43. The van der Waals surface area contributed by atoms with Crippen LogP contribution in [0.5, 0.6) is 0 Å². The second-order valence-electron chi connectivity index (χ2n) is 27.3. The minimum atomic E-state index is -4.99. The topological polar surface area (TPSA) is 237 Å². The maximum atomic E-state index is 13.1. The van der Waals surface area contributed by atoms with Gasteiger partial charge in [-0.25, -0.2) is 9.13 Å². The van der Waals surface area contributed by atoms with E-state index in [1.807, 2.05) is 12.2 Å². The molecule has 5 atom stereocenters. The van der Waals surface area contributed by atoms with Crippen LogP contribution in [0.3, 0.4) is 0 Å². The van der Waals surface area contributed by atoms with Gasteiger partial charge in [-0.15, -0.1) is 0 Å². The van der Waals surface area contributed by atoms with Crippen LogP contribution in [0, 0.1) is 0 Å². The maximum Gasteiger partial charge on any atom is 0.472 e. The van der Waals surface area contributed by atoms with Crippen molar-refractivity contribution in [1.82, 2.24) is 0 Å². The highest BCUT2D eigenvalue weighted by Crippen LogP contribution is 2.45. The van der Waals surface area contributed by atoms with Crippen LogP contribution < -0.4 is 0 Å². The Morgan fingerprint density at radius 3 is 0.788 bits per heavy atom. The molecule has 3 N–H and O–H groups in total. The molecule has 3 unspecified atom stereocenters. The van der Waals surface area contributed by atoms with E-state index in [0.29, 0.717) is 32.1 Å². The van der Waals surface area contributed by atoms with Gasteiger partial charge < -0.3 is 33.8 Å².